The van der Waals surface area contributed by atoms with Crippen LogP contribution in [0, 0.1) is 13.8 Å². The van der Waals surface area contributed by atoms with E-state index in [0.717, 1.165) is 16.7 Å². The van der Waals surface area contributed by atoms with E-state index < -0.39 is 30.4 Å². The van der Waals surface area contributed by atoms with Gasteiger partial charge in [-0.25, -0.2) is 4.79 Å². The minimum Gasteiger partial charge on any atom is -0.459 e. The molecule has 1 unspecified atom stereocenters. The quantitative estimate of drug-likeness (QED) is 0.500. The maximum Gasteiger partial charge on any atom is 0.329 e. The normalized spacial score (nSPS) is 11.5. The molecule has 0 aliphatic carbocycles. The van der Waals surface area contributed by atoms with Gasteiger partial charge < -0.3 is 19.8 Å². The molecule has 1 heterocycles. The van der Waals surface area contributed by atoms with Crippen molar-refractivity contribution >= 4 is 35.1 Å². The molecule has 1 atom stereocenters. The topological polar surface area (TPSA) is 97.6 Å². The van der Waals surface area contributed by atoms with Gasteiger partial charge in [-0.1, -0.05) is 48.0 Å². The summed E-state index contributed by atoms with van der Waals surface area (Å²) < 4.78 is 10.3. The molecule has 7 nitrogen and oxygen atoms in total. The second-order valence-electron chi connectivity index (χ2n) is 7.29. The largest absolute Gasteiger partial charge is 0.459 e. The van der Waals surface area contributed by atoms with Gasteiger partial charge in [-0.2, -0.15) is 0 Å². The lowest BCUT2D eigenvalue weighted by molar-refractivity contribution is -0.149. The molecule has 1 aromatic heterocycles. The highest BCUT2D eigenvalue weighted by Crippen LogP contribution is 2.27. The van der Waals surface area contributed by atoms with Crippen LogP contribution >= 0.6 is 11.6 Å². The number of benzene rings is 2. The van der Waals surface area contributed by atoms with Gasteiger partial charge in [-0.15, -0.1) is 0 Å². The number of anilines is 1. The van der Waals surface area contributed by atoms with Crippen LogP contribution in [0.25, 0.3) is 0 Å². The molecule has 0 saturated carbocycles. The third-order valence-electron chi connectivity index (χ3n) is 4.66. The van der Waals surface area contributed by atoms with Crippen LogP contribution in [-0.2, 0) is 20.7 Å². The Morgan fingerprint density at radius 3 is 2.47 bits per heavy atom. The van der Waals surface area contributed by atoms with Crippen molar-refractivity contribution in [1.82, 2.24) is 5.32 Å². The van der Waals surface area contributed by atoms with Crippen molar-refractivity contribution in [2.75, 3.05) is 11.9 Å². The van der Waals surface area contributed by atoms with Crippen LogP contribution < -0.4 is 10.6 Å². The Balaban J connectivity index is 1.65. The fourth-order valence-corrected chi connectivity index (χ4v) is 3.54. The second-order valence-corrected chi connectivity index (χ2v) is 7.69. The molecule has 0 aliphatic rings. The molecule has 0 fully saturated rings. The predicted octanol–water partition coefficient (Wildman–Crippen LogP) is 4.07. The van der Waals surface area contributed by atoms with Gasteiger partial charge in [0.15, 0.2) is 12.4 Å². The van der Waals surface area contributed by atoms with Crippen LogP contribution in [0.1, 0.15) is 27.2 Å². The van der Waals surface area contributed by atoms with E-state index in [1.54, 1.807) is 12.1 Å². The molecular weight excluding hydrogens is 432 g/mol. The molecule has 3 aromatic rings. The molecule has 0 saturated heterocycles. The molecule has 2 N–H and O–H groups in total. The summed E-state index contributed by atoms with van der Waals surface area (Å²) in [5, 5.41) is 5.67. The first-order valence-corrected chi connectivity index (χ1v) is 10.3. The predicted molar refractivity (Wildman–Crippen MR) is 121 cm³/mol. The lowest BCUT2D eigenvalue weighted by Gasteiger charge is -2.17. The summed E-state index contributed by atoms with van der Waals surface area (Å²) in [6.07, 6.45) is 1.55. The minimum absolute atomic E-state index is 0.0677. The van der Waals surface area contributed by atoms with E-state index >= 15 is 0 Å². The number of carbonyl (C=O) groups excluding carboxylic acids is 3. The van der Waals surface area contributed by atoms with Crippen LogP contribution in [0.5, 0.6) is 0 Å². The van der Waals surface area contributed by atoms with Gasteiger partial charge in [-0.3, -0.25) is 9.59 Å². The monoisotopic (exact) mass is 454 g/mol. The van der Waals surface area contributed by atoms with Gasteiger partial charge in [0.05, 0.1) is 17.0 Å². The number of ether oxygens (including phenoxy) is 1. The highest BCUT2D eigenvalue weighted by molar-refractivity contribution is 6.34. The fraction of sp³-hybridized carbons (Fsp3) is 0.208. The first kappa shape index (κ1) is 23.1. The average Bonchev–Trinajstić information content (AvgIpc) is 3.30. The molecule has 8 heteroatoms. The van der Waals surface area contributed by atoms with Gasteiger partial charge in [0.1, 0.15) is 6.04 Å². The molecule has 2 amide bonds. The van der Waals surface area contributed by atoms with Gasteiger partial charge in [0.2, 0.25) is 0 Å². The van der Waals surface area contributed by atoms with Crippen molar-refractivity contribution in [3.05, 3.63) is 88.3 Å². The van der Waals surface area contributed by atoms with Gasteiger partial charge >= 0.3 is 5.97 Å². The highest BCUT2D eigenvalue weighted by atomic mass is 35.5. The van der Waals surface area contributed by atoms with Crippen molar-refractivity contribution < 1.29 is 23.5 Å². The van der Waals surface area contributed by atoms with Crippen LogP contribution in [0.2, 0.25) is 5.02 Å². The highest BCUT2D eigenvalue weighted by Gasteiger charge is 2.25. The van der Waals surface area contributed by atoms with Gasteiger partial charge in [0.25, 0.3) is 11.8 Å². The molecule has 3 rings (SSSR count). The number of halogens is 1. The summed E-state index contributed by atoms with van der Waals surface area (Å²) in [4.78, 5) is 37.4. The van der Waals surface area contributed by atoms with Crippen molar-refractivity contribution in [2.45, 2.75) is 26.3 Å². The van der Waals surface area contributed by atoms with Crippen LogP contribution in [0.15, 0.2) is 65.3 Å². The van der Waals surface area contributed by atoms with E-state index in [9.17, 15) is 14.4 Å². The number of nitrogens with one attached hydrogen (secondary N) is 2. The molecule has 166 valence electrons. The summed E-state index contributed by atoms with van der Waals surface area (Å²) in [7, 11) is 0. The van der Waals surface area contributed by atoms with E-state index in [2.05, 4.69) is 10.6 Å². The lowest BCUT2D eigenvalue weighted by atomic mass is 10.1. The Bertz CT molecular complexity index is 1070. The Morgan fingerprint density at radius 2 is 1.81 bits per heavy atom. The van der Waals surface area contributed by atoms with E-state index in [4.69, 9.17) is 20.8 Å². The van der Waals surface area contributed by atoms with Crippen molar-refractivity contribution in [1.29, 1.82) is 0 Å². The smallest absolute Gasteiger partial charge is 0.329 e. The fourth-order valence-electron chi connectivity index (χ4n) is 3.17. The zero-order valence-corrected chi connectivity index (χ0v) is 18.4. The summed E-state index contributed by atoms with van der Waals surface area (Å²) >= 11 is 6.21. The lowest BCUT2D eigenvalue weighted by Crippen LogP contribution is -2.44. The maximum absolute atomic E-state index is 12.7. The molecule has 0 bridgehead atoms. The summed E-state index contributed by atoms with van der Waals surface area (Å²) in [5.74, 6) is -1.77. The second kappa shape index (κ2) is 10.6. The first-order chi connectivity index (χ1) is 15.3. The summed E-state index contributed by atoms with van der Waals surface area (Å²) in [6.45, 7) is 3.20. The van der Waals surface area contributed by atoms with Crippen molar-refractivity contribution in [3.8, 4) is 0 Å². The van der Waals surface area contributed by atoms with Crippen LogP contribution in [0.4, 0.5) is 5.69 Å². The molecule has 32 heavy (non-hydrogen) atoms. The Morgan fingerprint density at radius 1 is 1.06 bits per heavy atom. The number of hydrogen-bond donors (Lipinski definition) is 2. The van der Waals surface area contributed by atoms with E-state index in [0.29, 0.717) is 10.7 Å². The Kier molecular flexibility index (Phi) is 7.68. The summed E-state index contributed by atoms with van der Waals surface area (Å²) in [6, 6.07) is 14.8. The molecule has 0 spiro atoms. The number of hydrogen-bond acceptors (Lipinski definition) is 5. The number of amides is 2. The van der Waals surface area contributed by atoms with Gasteiger partial charge in [0, 0.05) is 6.42 Å². The third kappa shape index (κ3) is 6.21. The number of esters is 1. The average molecular weight is 455 g/mol. The zero-order chi connectivity index (χ0) is 23.1. The van der Waals surface area contributed by atoms with E-state index in [1.165, 1.54) is 12.3 Å². The first-order valence-electron chi connectivity index (χ1n) is 9.95. The number of aryl methyl sites for hydroxylation is 2. The van der Waals surface area contributed by atoms with Gasteiger partial charge in [-0.05, 0) is 48.7 Å². The number of carbonyl (C=O) groups is 3. The third-order valence-corrected chi connectivity index (χ3v) is 4.96. The number of rotatable bonds is 8. The molecule has 0 aliphatic heterocycles. The zero-order valence-electron chi connectivity index (χ0n) is 17.7. The Labute approximate surface area is 190 Å². The standard InChI is InChI=1S/C24H23ClN2O5/c1-15-11-16(2)22(18(25)12-15)27-21(28)14-32-24(30)19(13-17-7-4-3-5-8-17)26-23(29)20-9-6-10-31-20/h3-12,19H,13-14H2,1-2H3,(H,26,29)(H,27,28). The minimum atomic E-state index is -1.01. The maximum atomic E-state index is 12.7. The molecule has 0 radical (unpaired) electrons. The van der Waals surface area contributed by atoms with Crippen LogP contribution in [-0.4, -0.2) is 30.4 Å². The van der Waals surface area contributed by atoms with Crippen molar-refractivity contribution in [3.63, 3.8) is 0 Å². The number of furan rings is 1. The van der Waals surface area contributed by atoms with E-state index in [-0.39, 0.29) is 12.2 Å². The van der Waals surface area contributed by atoms with Crippen LogP contribution in [0.3, 0.4) is 0 Å². The molecule has 2 aromatic carbocycles. The SMILES string of the molecule is Cc1cc(C)c(NC(=O)COC(=O)C(Cc2ccccc2)NC(=O)c2ccco2)c(Cl)c1. The Hall–Kier alpha value is -3.58. The molecular formula is C24H23ClN2O5. The summed E-state index contributed by atoms with van der Waals surface area (Å²) in [5.41, 5.74) is 3.04. The van der Waals surface area contributed by atoms with Crippen molar-refractivity contribution in [2.24, 2.45) is 0 Å². The van der Waals surface area contributed by atoms with E-state index in [1.807, 2.05) is 50.2 Å².